The molecule has 1 aromatic carbocycles. The highest BCUT2D eigenvalue weighted by molar-refractivity contribution is 6.35. The van der Waals surface area contributed by atoms with Crippen LogP contribution in [0.4, 0.5) is 0 Å². The molecule has 4 aromatic heterocycles. The van der Waals surface area contributed by atoms with Gasteiger partial charge in [0.2, 0.25) is 0 Å². The van der Waals surface area contributed by atoms with E-state index in [1.807, 2.05) is 50.5 Å². The smallest absolute Gasteiger partial charge is 0.191 e. The van der Waals surface area contributed by atoms with Gasteiger partial charge in [0, 0.05) is 42.7 Å². The molecule has 0 bridgehead atoms. The van der Waals surface area contributed by atoms with Crippen molar-refractivity contribution in [3.8, 4) is 22.5 Å². The summed E-state index contributed by atoms with van der Waals surface area (Å²) in [6.07, 6.45) is 5.21. The molecule has 1 N–H and O–H groups in total. The highest BCUT2D eigenvalue weighted by Gasteiger charge is 2.17. The van der Waals surface area contributed by atoms with E-state index >= 15 is 0 Å². The summed E-state index contributed by atoms with van der Waals surface area (Å²) < 4.78 is 1.72. The predicted molar refractivity (Wildman–Crippen MR) is 115 cm³/mol. The Morgan fingerprint density at radius 2 is 1.97 bits per heavy atom. The molecule has 0 fully saturated rings. The van der Waals surface area contributed by atoms with E-state index in [4.69, 9.17) is 16.6 Å². The largest absolute Gasteiger partial charge is 0.346 e. The first-order valence-electron chi connectivity index (χ1n) is 9.09. The number of pyridine rings is 3. The third-order valence-electron chi connectivity index (χ3n) is 5.03. The number of aromatic nitrogens is 5. The van der Waals surface area contributed by atoms with Crippen LogP contribution in [0.15, 0.2) is 59.8 Å². The second-order valence-corrected chi connectivity index (χ2v) is 7.39. The summed E-state index contributed by atoms with van der Waals surface area (Å²) in [6, 6.07) is 11.1. The second-order valence-electron chi connectivity index (χ2n) is 6.98. The van der Waals surface area contributed by atoms with Crippen LogP contribution in [0.1, 0.15) is 5.56 Å². The van der Waals surface area contributed by atoms with E-state index in [-0.39, 0.29) is 5.43 Å². The maximum absolute atomic E-state index is 12.4. The fraction of sp³-hybridized carbons (Fsp3) is 0.0909. The van der Waals surface area contributed by atoms with E-state index in [0.717, 1.165) is 27.6 Å². The van der Waals surface area contributed by atoms with E-state index < -0.39 is 0 Å². The van der Waals surface area contributed by atoms with Crippen molar-refractivity contribution in [3.05, 3.63) is 75.8 Å². The zero-order chi connectivity index (χ0) is 20.1. The quantitative estimate of drug-likeness (QED) is 0.472. The van der Waals surface area contributed by atoms with E-state index in [1.54, 1.807) is 17.1 Å². The van der Waals surface area contributed by atoms with Crippen molar-refractivity contribution < 1.29 is 0 Å². The maximum atomic E-state index is 12.4. The maximum Gasteiger partial charge on any atom is 0.191 e. The number of halogens is 1. The van der Waals surface area contributed by atoms with E-state index in [2.05, 4.69) is 15.1 Å². The first-order chi connectivity index (χ1) is 14.0. The van der Waals surface area contributed by atoms with Gasteiger partial charge in [-0.15, -0.1) is 0 Å². The number of H-pyrrole nitrogens is 1. The minimum atomic E-state index is -0.0928. The number of rotatable bonds is 2. The van der Waals surface area contributed by atoms with Crippen LogP contribution in [0.25, 0.3) is 44.5 Å². The normalized spacial score (nSPS) is 11.4. The van der Waals surface area contributed by atoms with Crippen LogP contribution in [-0.2, 0) is 7.05 Å². The molecule has 5 rings (SSSR count). The van der Waals surface area contributed by atoms with Gasteiger partial charge in [-0.05, 0) is 48.4 Å². The first-order valence-corrected chi connectivity index (χ1v) is 9.47. The SMILES string of the molecule is Cc1ccnc2c(Cl)cc(-c3cc4c(=O)cc[nH]c4nc3-c3ccn(C)n3)cc12. The number of hydrogen-bond donors (Lipinski definition) is 1. The highest BCUT2D eigenvalue weighted by Crippen LogP contribution is 2.36. The fourth-order valence-electron chi connectivity index (χ4n) is 3.55. The zero-order valence-electron chi connectivity index (χ0n) is 15.8. The summed E-state index contributed by atoms with van der Waals surface area (Å²) in [5.41, 5.74) is 5.30. The van der Waals surface area contributed by atoms with Crippen molar-refractivity contribution in [2.45, 2.75) is 6.92 Å². The molecule has 142 valence electrons. The Kier molecular flexibility index (Phi) is 3.96. The Balaban J connectivity index is 1.88. The summed E-state index contributed by atoms with van der Waals surface area (Å²) in [5.74, 6) is 0. The predicted octanol–water partition coefficient (Wildman–Crippen LogP) is 4.50. The molecule has 0 aliphatic rings. The molecule has 7 heteroatoms. The van der Waals surface area contributed by atoms with Gasteiger partial charge in [0.25, 0.3) is 0 Å². The minimum Gasteiger partial charge on any atom is -0.346 e. The number of fused-ring (bicyclic) bond motifs is 2. The van der Waals surface area contributed by atoms with Crippen molar-refractivity contribution in [1.29, 1.82) is 0 Å². The summed E-state index contributed by atoms with van der Waals surface area (Å²) in [5, 5.41) is 6.54. The lowest BCUT2D eigenvalue weighted by atomic mass is 9.98. The molecule has 0 radical (unpaired) electrons. The van der Waals surface area contributed by atoms with Gasteiger partial charge in [-0.1, -0.05) is 11.6 Å². The van der Waals surface area contributed by atoms with Crippen LogP contribution in [0.5, 0.6) is 0 Å². The van der Waals surface area contributed by atoms with Gasteiger partial charge in [-0.25, -0.2) is 4.98 Å². The Bertz CT molecular complexity index is 1470. The second kappa shape index (κ2) is 6.53. The topological polar surface area (TPSA) is 76.5 Å². The first kappa shape index (κ1) is 17.6. The minimum absolute atomic E-state index is 0.0928. The molecule has 0 aliphatic heterocycles. The molecule has 6 nitrogen and oxygen atoms in total. The number of aryl methyl sites for hydroxylation is 2. The Morgan fingerprint density at radius 3 is 2.76 bits per heavy atom. The summed E-state index contributed by atoms with van der Waals surface area (Å²) in [6.45, 7) is 2.02. The number of nitrogens with zero attached hydrogens (tertiary/aromatic N) is 4. The molecular formula is C22H16ClN5O. The van der Waals surface area contributed by atoms with Crippen molar-refractivity contribution in [3.63, 3.8) is 0 Å². The molecule has 4 heterocycles. The van der Waals surface area contributed by atoms with Gasteiger partial charge in [0.15, 0.2) is 5.43 Å². The lowest BCUT2D eigenvalue weighted by molar-refractivity contribution is 0.770. The van der Waals surface area contributed by atoms with Crippen LogP contribution in [0.3, 0.4) is 0 Å². The molecule has 0 spiro atoms. The monoisotopic (exact) mass is 401 g/mol. The third-order valence-corrected chi connectivity index (χ3v) is 5.31. The lowest BCUT2D eigenvalue weighted by Crippen LogP contribution is -2.04. The summed E-state index contributed by atoms with van der Waals surface area (Å²) in [4.78, 5) is 24.6. The van der Waals surface area contributed by atoms with Crippen molar-refractivity contribution in [1.82, 2.24) is 24.7 Å². The molecule has 0 unspecified atom stereocenters. The standard InChI is InChI=1S/C22H16ClN5O/c1-12-3-6-24-20-14(12)9-13(10-17(20)23)15-11-16-19(29)4-7-25-22(16)26-21(15)18-5-8-28(2)27-18/h3-11H,1-2H3,(H,25,26,29). The van der Waals surface area contributed by atoms with Gasteiger partial charge in [-0.3, -0.25) is 14.5 Å². The van der Waals surface area contributed by atoms with Crippen LogP contribution in [-0.4, -0.2) is 24.7 Å². The fourth-order valence-corrected chi connectivity index (χ4v) is 3.82. The highest BCUT2D eigenvalue weighted by atomic mass is 35.5. The lowest BCUT2D eigenvalue weighted by Gasteiger charge is -2.12. The molecule has 29 heavy (non-hydrogen) atoms. The number of hydrogen-bond acceptors (Lipinski definition) is 4. The van der Waals surface area contributed by atoms with Crippen LogP contribution < -0.4 is 5.43 Å². The van der Waals surface area contributed by atoms with Gasteiger partial charge in [0.1, 0.15) is 17.0 Å². The van der Waals surface area contributed by atoms with Crippen molar-refractivity contribution >= 4 is 33.5 Å². The summed E-state index contributed by atoms with van der Waals surface area (Å²) >= 11 is 6.57. The third kappa shape index (κ3) is 2.89. The number of aromatic amines is 1. The van der Waals surface area contributed by atoms with Crippen molar-refractivity contribution in [2.24, 2.45) is 7.05 Å². The molecule has 0 saturated heterocycles. The molecule has 0 atom stereocenters. The molecule has 0 saturated carbocycles. The van der Waals surface area contributed by atoms with E-state index in [0.29, 0.717) is 27.4 Å². The molecule has 5 aromatic rings. The van der Waals surface area contributed by atoms with Crippen LogP contribution in [0.2, 0.25) is 5.02 Å². The van der Waals surface area contributed by atoms with Crippen LogP contribution in [0, 0.1) is 6.92 Å². The Labute approximate surface area is 170 Å². The van der Waals surface area contributed by atoms with Gasteiger partial charge < -0.3 is 4.98 Å². The average Bonchev–Trinajstić information content (AvgIpc) is 3.14. The molecule has 0 aliphatic carbocycles. The van der Waals surface area contributed by atoms with Gasteiger partial charge in [0.05, 0.1) is 15.9 Å². The average molecular weight is 402 g/mol. The van der Waals surface area contributed by atoms with Gasteiger partial charge in [-0.2, -0.15) is 5.10 Å². The summed E-state index contributed by atoms with van der Waals surface area (Å²) in [7, 11) is 1.86. The van der Waals surface area contributed by atoms with E-state index in [9.17, 15) is 4.79 Å². The zero-order valence-corrected chi connectivity index (χ0v) is 16.5. The van der Waals surface area contributed by atoms with Crippen LogP contribution >= 0.6 is 11.6 Å². The van der Waals surface area contributed by atoms with Gasteiger partial charge >= 0.3 is 0 Å². The number of nitrogens with one attached hydrogen (secondary N) is 1. The molecular weight excluding hydrogens is 386 g/mol. The Morgan fingerprint density at radius 1 is 1.10 bits per heavy atom. The number of benzene rings is 1. The molecule has 0 amide bonds. The Hall–Kier alpha value is -3.51. The van der Waals surface area contributed by atoms with E-state index in [1.165, 1.54) is 6.07 Å². The van der Waals surface area contributed by atoms with Crippen molar-refractivity contribution in [2.75, 3.05) is 0 Å².